The molecule has 1 aliphatic rings. The molecule has 34 heavy (non-hydrogen) atoms. The van der Waals surface area contributed by atoms with Crippen LogP contribution in [0.15, 0.2) is 35.2 Å². The molecule has 186 valence electrons. The number of carbonyl (C=O) groups excluding carboxylic acids is 1. The van der Waals surface area contributed by atoms with Crippen LogP contribution in [-0.2, 0) is 21.2 Å². The molecule has 0 unspecified atom stereocenters. The summed E-state index contributed by atoms with van der Waals surface area (Å²) in [7, 11) is 2.08. The molecule has 0 aromatic heterocycles. The number of rotatable bonds is 10. The largest absolute Gasteiger partial charge is 0.497 e. The van der Waals surface area contributed by atoms with Crippen LogP contribution in [0.25, 0.3) is 0 Å². The van der Waals surface area contributed by atoms with Gasteiger partial charge in [0.05, 0.1) is 52.1 Å². The summed E-state index contributed by atoms with van der Waals surface area (Å²) in [6.45, 7) is 1.37. The normalized spacial score (nSPS) is 14.4. The molecule has 0 atom stereocenters. The van der Waals surface area contributed by atoms with Crippen molar-refractivity contribution in [3.05, 3.63) is 41.5 Å². The predicted molar refractivity (Wildman–Crippen MR) is 125 cm³/mol. The van der Waals surface area contributed by atoms with Crippen molar-refractivity contribution in [2.45, 2.75) is 11.3 Å². The highest BCUT2D eigenvalue weighted by atomic mass is 32.2. The lowest BCUT2D eigenvalue weighted by Gasteiger charge is -2.26. The van der Waals surface area contributed by atoms with E-state index in [9.17, 15) is 13.2 Å². The molecule has 0 aliphatic carbocycles. The quantitative estimate of drug-likeness (QED) is 0.531. The van der Waals surface area contributed by atoms with Gasteiger partial charge in [-0.1, -0.05) is 0 Å². The first-order chi connectivity index (χ1) is 16.3. The zero-order valence-electron chi connectivity index (χ0n) is 19.8. The molecule has 0 spiro atoms. The number of hydrogen-bond donors (Lipinski definition) is 1. The molecule has 0 radical (unpaired) electrons. The zero-order valence-corrected chi connectivity index (χ0v) is 20.6. The van der Waals surface area contributed by atoms with Crippen LogP contribution >= 0.6 is 0 Å². The van der Waals surface area contributed by atoms with Crippen molar-refractivity contribution in [3.8, 4) is 23.0 Å². The molecule has 1 saturated heterocycles. The molecule has 1 aliphatic heterocycles. The topological polar surface area (TPSA) is 113 Å². The van der Waals surface area contributed by atoms with Gasteiger partial charge >= 0.3 is 0 Å². The van der Waals surface area contributed by atoms with Gasteiger partial charge in [0, 0.05) is 25.7 Å². The van der Waals surface area contributed by atoms with Gasteiger partial charge in [0.25, 0.3) is 5.91 Å². The van der Waals surface area contributed by atoms with Gasteiger partial charge in [-0.3, -0.25) is 4.79 Å². The molecule has 1 fully saturated rings. The van der Waals surface area contributed by atoms with Gasteiger partial charge < -0.3 is 29.0 Å². The number of methoxy groups -OCH3 is 4. The minimum absolute atomic E-state index is 0.0494. The molecule has 3 rings (SSSR count). The Balaban J connectivity index is 1.85. The second-order valence-corrected chi connectivity index (χ2v) is 9.34. The van der Waals surface area contributed by atoms with Crippen molar-refractivity contribution in [2.75, 3.05) is 61.3 Å². The van der Waals surface area contributed by atoms with Crippen LogP contribution < -0.4 is 24.3 Å². The molecular formula is C23H30N2O8S. The fourth-order valence-electron chi connectivity index (χ4n) is 3.68. The maximum Gasteiger partial charge on any atom is 0.255 e. The van der Waals surface area contributed by atoms with E-state index in [1.165, 1.54) is 30.7 Å². The summed E-state index contributed by atoms with van der Waals surface area (Å²) in [6.07, 6.45) is 0.470. The smallest absolute Gasteiger partial charge is 0.255 e. The van der Waals surface area contributed by atoms with Gasteiger partial charge in [-0.15, -0.1) is 0 Å². The van der Waals surface area contributed by atoms with E-state index in [2.05, 4.69) is 5.32 Å². The van der Waals surface area contributed by atoms with Gasteiger partial charge in [0.15, 0.2) is 11.5 Å². The zero-order chi connectivity index (χ0) is 24.7. The van der Waals surface area contributed by atoms with E-state index in [4.69, 9.17) is 23.7 Å². The highest BCUT2D eigenvalue weighted by Gasteiger charge is 2.30. The number of amides is 1. The van der Waals surface area contributed by atoms with Crippen LogP contribution in [0.5, 0.6) is 23.0 Å². The van der Waals surface area contributed by atoms with Crippen LogP contribution in [-0.4, -0.2) is 79.9 Å². The van der Waals surface area contributed by atoms with E-state index in [1.807, 2.05) is 6.07 Å². The summed E-state index contributed by atoms with van der Waals surface area (Å²) in [5.74, 6) is 1.16. The predicted octanol–water partition coefficient (Wildman–Crippen LogP) is 1.71. The lowest BCUT2D eigenvalue weighted by atomic mass is 10.1. The number of carbonyl (C=O) groups is 1. The third-order valence-electron chi connectivity index (χ3n) is 5.47. The molecular weight excluding hydrogens is 464 g/mol. The van der Waals surface area contributed by atoms with E-state index in [1.54, 1.807) is 26.4 Å². The number of sulfonamides is 1. The molecule has 10 nitrogen and oxygen atoms in total. The number of nitrogens with zero attached hydrogens (tertiary/aromatic N) is 1. The maximum atomic E-state index is 13.2. The third-order valence-corrected chi connectivity index (χ3v) is 7.35. The molecule has 0 bridgehead atoms. The van der Waals surface area contributed by atoms with Gasteiger partial charge in [0.1, 0.15) is 11.5 Å². The van der Waals surface area contributed by atoms with E-state index in [0.29, 0.717) is 31.1 Å². The number of ether oxygens (including phenoxy) is 5. The summed E-state index contributed by atoms with van der Waals surface area (Å²) >= 11 is 0. The first kappa shape index (κ1) is 25.6. The number of nitrogens with one attached hydrogen (secondary N) is 1. The van der Waals surface area contributed by atoms with Crippen molar-refractivity contribution in [1.82, 2.24) is 9.62 Å². The van der Waals surface area contributed by atoms with Gasteiger partial charge in [-0.2, -0.15) is 4.31 Å². The highest BCUT2D eigenvalue weighted by molar-refractivity contribution is 7.89. The molecule has 11 heteroatoms. The van der Waals surface area contributed by atoms with Crippen LogP contribution in [0.2, 0.25) is 0 Å². The fraction of sp³-hybridized carbons (Fsp3) is 0.435. The summed E-state index contributed by atoms with van der Waals surface area (Å²) in [5, 5.41) is 2.82. The van der Waals surface area contributed by atoms with E-state index in [0.717, 1.165) is 5.56 Å². The summed E-state index contributed by atoms with van der Waals surface area (Å²) in [6, 6.07) is 8.10. The molecule has 0 saturated carbocycles. The Morgan fingerprint density at radius 1 is 0.971 bits per heavy atom. The van der Waals surface area contributed by atoms with Gasteiger partial charge in [-0.25, -0.2) is 8.42 Å². The van der Waals surface area contributed by atoms with E-state index in [-0.39, 0.29) is 41.6 Å². The first-order valence-electron chi connectivity index (χ1n) is 10.7. The average molecular weight is 495 g/mol. The molecule has 1 amide bonds. The minimum atomic E-state index is -3.85. The summed E-state index contributed by atoms with van der Waals surface area (Å²) in [5.41, 5.74) is 0.918. The lowest BCUT2D eigenvalue weighted by Crippen LogP contribution is -2.40. The Morgan fingerprint density at radius 2 is 1.68 bits per heavy atom. The number of hydrogen-bond acceptors (Lipinski definition) is 8. The SMILES string of the molecule is COc1ccc(OC)c(CCNC(=O)c2cc(S(=O)(=O)N3CCOCC3)cc(OC)c2OC)c1. The second-order valence-electron chi connectivity index (χ2n) is 7.41. The van der Waals surface area contributed by atoms with Crippen LogP contribution in [0.3, 0.4) is 0 Å². The van der Waals surface area contributed by atoms with Crippen molar-refractivity contribution in [1.29, 1.82) is 0 Å². The molecule has 1 heterocycles. The van der Waals surface area contributed by atoms with Crippen molar-refractivity contribution >= 4 is 15.9 Å². The Labute approximate surface area is 199 Å². The number of benzene rings is 2. The lowest BCUT2D eigenvalue weighted by molar-refractivity contribution is 0.0730. The minimum Gasteiger partial charge on any atom is -0.497 e. The Bertz CT molecular complexity index is 1110. The van der Waals surface area contributed by atoms with Crippen LogP contribution in [0.4, 0.5) is 0 Å². The molecule has 2 aromatic carbocycles. The van der Waals surface area contributed by atoms with Crippen molar-refractivity contribution in [2.24, 2.45) is 0 Å². The second kappa shape index (κ2) is 11.4. The van der Waals surface area contributed by atoms with Crippen molar-refractivity contribution in [3.63, 3.8) is 0 Å². The fourth-order valence-corrected chi connectivity index (χ4v) is 5.13. The third kappa shape index (κ3) is 5.54. The van der Waals surface area contributed by atoms with Crippen LogP contribution in [0, 0.1) is 0 Å². The summed E-state index contributed by atoms with van der Waals surface area (Å²) in [4.78, 5) is 13.0. The van der Waals surface area contributed by atoms with Gasteiger partial charge in [-0.05, 0) is 36.2 Å². The van der Waals surface area contributed by atoms with E-state index >= 15 is 0 Å². The Hall–Kier alpha value is -3.02. The molecule has 2 aromatic rings. The highest BCUT2D eigenvalue weighted by Crippen LogP contribution is 2.35. The van der Waals surface area contributed by atoms with Crippen LogP contribution in [0.1, 0.15) is 15.9 Å². The summed E-state index contributed by atoms with van der Waals surface area (Å²) < 4.78 is 54.3. The van der Waals surface area contributed by atoms with Crippen molar-refractivity contribution < 1.29 is 36.9 Å². The van der Waals surface area contributed by atoms with E-state index < -0.39 is 15.9 Å². The maximum absolute atomic E-state index is 13.2. The average Bonchev–Trinajstić information content (AvgIpc) is 2.87. The van der Waals surface area contributed by atoms with Gasteiger partial charge in [0.2, 0.25) is 10.0 Å². The molecule has 1 N–H and O–H groups in total. The number of morpholine rings is 1. The first-order valence-corrected chi connectivity index (χ1v) is 12.1. The Morgan fingerprint density at radius 3 is 2.29 bits per heavy atom. The monoisotopic (exact) mass is 494 g/mol. The Kier molecular flexibility index (Phi) is 8.59. The standard InChI is InChI=1S/C23H30N2O8S/c1-29-17-5-6-20(30-2)16(13-17)7-8-24-23(26)19-14-18(15-21(31-3)22(19)32-4)34(27,28)25-9-11-33-12-10-25/h5-6,13-15H,7-12H2,1-4H3,(H,24,26).